The molecule has 4 bridgehead atoms. The largest absolute Gasteiger partial charge is 0.496 e. The number of anilines is 2. The molecule has 0 radical (unpaired) electrons. The van der Waals surface area contributed by atoms with Gasteiger partial charge in [0.05, 0.1) is 31.6 Å². The zero-order valence-corrected chi connectivity index (χ0v) is 52.2. The molecule has 2 saturated heterocycles. The number of likely N-dealkylation sites (N-methyl/N-ethyl adjacent to an activating group) is 1. The summed E-state index contributed by atoms with van der Waals surface area (Å²) >= 11 is 6.95. The normalized spacial score (nSPS) is 25.3. The number of fused-ring (bicyclic) bond motifs is 5. The second-order valence-electron chi connectivity index (χ2n) is 23.1. The highest BCUT2D eigenvalue weighted by Gasteiger charge is 2.64. The minimum Gasteiger partial charge on any atom is -0.496 e. The van der Waals surface area contributed by atoms with Crippen LogP contribution in [0, 0.1) is 11.8 Å². The first-order valence-corrected chi connectivity index (χ1v) is 29.6. The van der Waals surface area contributed by atoms with Crippen molar-refractivity contribution < 1.29 is 77.0 Å². The molecule has 11 atom stereocenters. The lowest BCUT2D eigenvalue weighted by Crippen LogP contribution is -2.63. The van der Waals surface area contributed by atoms with Crippen molar-refractivity contribution in [3.05, 3.63) is 82.4 Å². The van der Waals surface area contributed by atoms with Crippen molar-refractivity contribution in [1.29, 1.82) is 0 Å². The minimum atomic E-state index is -1.87. The van der Waals surface area contributed by atoms with Gasteiger partial charge in [0.1, 0.15) is 58.6 Å². The number of epoxide rings is 1. The molecule has 4 aliphatic rings. The Balaban J connectivity index is 1.16. The Morgan fingerprint density at radius 1 is 0.966 bits per heavy atom. The summed E-state index contributed by atoms with van der Waals surface area (Å²) in [5.41, 5.74) is 5.16. The summed E-state index contributed by atoms with van der Waals surface area (Å²) < 4.78 is 35.7. The van der Waals surface area contributed by atoms with Gasteiger partial charge in [-0.1, -0.05) is 62.6 Å². The number of halogens is 1. The van der Waals surface area contributed by atoms with E-state index >= 15 is 0 Å². The molecule has 0 spiro atoms. The second kappa shape index (κ2) is 30.7. The van der Waals surface area contributed by atoms with Crippen molar-refractivity contribution in [2.45, 2.75) is 160 Å². The van der Waals surface area contributed by atoms with E-state index in [4.69, 9.17) is 45.8 Å². The molecule has 6 rings (SSSR count). The first kappa shape index (κ1) is 69.0. The third-order valence-electron chi connectivity index (χ3n) is 16.3. The molecule has 2 fully saturated rings. The Bertz CT molecular complexity index is 2920. The number of nitrogens with two attached hydrogens (primary N) is 1. The highest BCUT2D eigenvalue weighted by atomic mass is 35.5. The maximum absolute atomic E-state index is 14.5. The Morgan fingerprint density at radius 2 is 1.67 bits per heavy atom. The van der Waals surface area contributed by atoms with E-state index in [1.165, 1.54) is 70.6 Å². The Labute approximate surface area is 513 Å². The molecule has 4 aliphatic heterocycles. The first-order valence-electron chi connectivity index (χ1n) is 29.2. The van der Waals surface area contributed by atoms with Crippen LogP contribution >= 0.6 is 11.6 Å². The molecular formula is C61H86ClN9O16. The van der Waals surface area contributed by atoms with Crippen LogP contribution in [0.2, 0.25) is 5.02 Å². The smallest absolute Gasteiger partial charge is 0.409 e. The van der Waals surface area contributed by atoms with Crippen molar-refractivity contribution >= 4 is 70.5 Å². The summed E-state index contributed by atoms with van der Waals surface area (Å²) in [6, 6.07) is 4.72. The molecule has 1 unspecified atom stereocenters. The highest BCUT2D eigenvalue weighted by molar-refractivity contribution is 6.34. The van der Waals surface area contributed by atoms with Gasteiger partial charge in [0, 0.05) is 83.4 Å². The predicted molar refractivity (Wildman–Crippen MR) is 322 cm³/mol. The molecule has 2 aromatic rings. The number of aliphatic hydroxyl groups excluding tert-OH is 1. The number of carbonyl (C=O) groups is 8. The van der Waals surface area contributed by atoms with Crippen LogP contribution in [-0.4, -0.2) is 183 Å². The number of methoxy groups -OCH3 is 3. The fourth-order valence-electron chi connectivity index (χ4n) is 10.9. The van der Waals surface area contributed by atoms with E-state index in [0.29, 0.717) is 48.7 Å². The van der Waals surface area contributed by atoms with E-state index in [2.05, 4.69) is 26.6 Å². The summed E-state index contributed by atoms with van der Waals surface area (Å²) in [6.07, 6.45) is 4.66. The van der Waals surface area contributed by atoms with E-state index in [1.807, 2.05) is 44.0 Å². The number of nitrogens with zero attached hydrogens (tertiary/aromatic N) is 3. The number of benzene rings is 2. The molecule has 4 heterocycles. The van der Waals surface area contributed by atoms with Gasteiger partial charge in [-0.2, -0.15) is 0 Å². The maximum Gasteiger partial charge on any atom is 0.409 e. The molecular weight excluding hydrogens is 1150 g/mol. The van der Waals surface area contributed by atoms with Gasteiger partial charge in [0.15, 0.2) is 12.1 Å². The van der Waals surface area contributed by atoms with Gasteiger partial charge in [-0.25, -0.2) is 9.59 Å². The molecule has 9 N–H and O–H groups in total. The number of alkyl carbamates (subject to hydrolysis) is 1. The number of hydrogen-bond donors (Lipinski definition) is 8. The van der Waals surface area contributed by atoms with Crippen LogP contribution in [0.3, 0.4) is 0 Å². The summed E-state index contributed by atoms with van der Waals surface area (Å²) in [5, 5.41) is 35.4. The van der Waals surface area contributed by atoms with Crippen LogP contribution in [0.15, 0.2) is 66.3 Å². The number of unbranched alkanes of at least 4 members (excludes halogenated alkanes) is 2. The summed E-state index contributed by atoms with van der Waals surface area (Å²) in [6.45, 7) is 11.3. The van der Waals surface area contributed by atoms with Crippen LogP contribution in [0.1, 0.15) is 109 Å². The number of ether oxygens (including phenoxy) is 6. The zero-order chi connectivity index (χ0) is 64.1. The Kier molecular flexibility index (Phi) is 24.3. The van der Waals surface area contributed by atoms with Crippen LogP contribution in [0.4, 0.5) is 16.2 Å². The molecule has 478 valence electrons. The molecule has 2 aromatic carbocycles. The second-order valence-corrected chi connectivity index (χ2v) is 23.5. The van der Waals surface area contributed by atoms with E-state index in [9.17, 15) is 48.6 Å². The zero-order valence-electron chi connectivity index (χ0n) is 51.4. The molecule has 26 heteroatoms. The van der Waals surface area contributed by atoms with Crippen molar-refractivity contribution in [3.8, 4) is 11.5 Å². The number of esters is 1. The van der Waals surface area contributed by atoms with Crippen LogP contribution in [-0.2, 0) is 54.1 Å². The van der Waals surface area contributed by atoms with Crippen molar-refractivity contribution in [1.82, 2.24) is 31.1 Å². The molecule has 0 aromatic heterocycles. The quantitative estimate of drug-likeness (QED) is 0.0242. The van der Waals surface area contributed by atoms with Crippen molar-refractivity contribution in [2.24, 2.45) is 17.6 Å². The average Bonchev–Trinajstić information content (AvgIpc) is 2.06. The molecule has 25 nitrogen and oxygen atoms in total. The maximum atomic E-state index is 14.5. The predicted octanol–water partition coefficient (Wildman–Crippen LogP) is 3.96. The Hall–Kier alpha value is -7.13. The fraction of sp³-hybridized carbons (Fsp3) is 0.574. The number of allylic oxidation sites excluding steroid dienone is 3. The van der Waals surface area contributed by atoms with Gasteiger partial charge < -0.3 is 64.4 Å². The lowest BCUT2D eigenvalue weighted by Gasteiger charge is -2.42. The monoisotopic (exact) mass is 1240 g/mol. The van der Waals surface area contributed by atoms with Gasteiger partial charge in [-0.3, -0.25) is 50.0 Å². The van der Waals surface area contributed by atoms with E-state index in [1.54, 1.807) is 32.9 Å². The number of nitrogens with one attached hydrogen (secondary N) is 5. The molecule has 87 heavy (non-hydrogen) atoms. The SMILES string of the molecule is COc1cc(NC(=O)[C@H](CCCNC(N)O)NC(=O)[C@@H](NC(=O)CCCCCN2C(=O)C=CC2=O)C(C)C)ccc1C(=O)N(C)[C@@H](C)C(=O)O[C@H]1CCN(C)c2cc(cc(OC)c2Cl)C/C(C)=C/C=C/[C@@H](OC)[C@@]2(O)C[C@H](OC(=O)N2)[C@@H](C)[C@@H]2O[C@@]12C. The van der Waals surface area contributed by atoms with E-state index < -0.39 is 108 Å². The lowest BCUT2D eigenvalue weighted by molar-refractivity contribution is -0.157. The minimum absolute atomic E-state index is 0.0290. The third kappa shape index (κ3) is 17.8. The number of carbonyl (C=O) groups excluding carboxylic acids is 8. The Morgan fingerprint density at radius 3 is 2.32 bits per heavy atom. The standard InChI is InChI=1S/C61H86ClN9O16/c1-34(2)52(67-48(72)20-13-12-14-27-71-49(73)23-24-50(71)74)55(76)66-41(18-16-26-64-58(63)79)54(75)65-39-21-22-40(43(32-39)82-9)56(77)70(8)37(5)57(78)86-46-25-28-69(7)42-30-38(31-44(83-10)51(42)62)29-35(3)17-15-19-47(84-11)61(81)33-45(85-59(80)68-61)36(4)53-60(46,6)87-53/h15,17,19,21-24,30-32,34,36-37,41,45-47,52-53,58,64,79,81H,12-14,16,18,20,25-29,33,63H2,1-11H3,(H,65,75)(H,66,76)(H,67,72)(H,68,80)/b19-15+,35-17+/t36-,37+,41+,45+,46+,47-,52+,53+,58?,60+,61+/m1/s1. The van der Waals surface area contributed by atoms with Crippen LogP contribution < -0.4 is 46.7 Å². The van der Waals surface area contributed by atoms with Gasteiger partial charge in [-0.05, 0) is 95.2 Å². The summed E-state index contributed by atoms with van der Waals surface area (Å²) in [7, 11) is 7.57. The van der Waals surface area contributed by atoms with Crippen LogP contribution in [0.25, 0.3) is 0 Å². The number of hydrogen-bond acceptors (Lipinski definition) is 19. The number of amides is 7. The lowest BCUT2D eigenvalue weighted by atomic mass is 9.83. The molecule has 7 amide bonds. The first-order chi connectivity index (χ1) is 41.1. The topological polar surface area (TPSA) is 332 Å². The highest BCUT2D eigenvalue weighted by Crippen LogP contribution is 2.49. The fourth-order valence-corrected chi connectivity index (χ4v) is 11.3. The average molecular weight is 1240 g/mol. The van der Waals surface area contributed by atoms with Crippen molar-refractivity contribution in [2.75, 3.05) is 65.3 Å². The van der Waals surface area contributed by atoms with Crippen molar-refractivity contribution in [3.63, 3.8) is 0 Å². The third-order valence-corrected chi connectivity index (χ3v) is 16.7. The summed E-state index contributed by atoms with van der Waals surface area (Å²) in [5.74, 6) is -4.27. The summed E-state index contributed by atoms with van der Waals surface area (Å²) in [4.78, 5) is 111. The molecule has 0 saturated carbocycles. The van der Waals surface area contributed by atoms with E-state index in [0.717, 1.165) is 16.0 Å². The van der Waals surface area contributed by atoms with Gasteiger partial charge in [0.2, 0.25) is 17.7 Å². The van der Waals surface area contributed by atoms with E-state index in [-0.39, 0.29) is 74.0 Å². The van der Waals surface area contributed by atoms with Gasteiger partial charge >= 0.3 is 12.1 Å². The van der Waals surface area contributed by atoms with Gasteiger partial charge in [0.25, 0.3) is 17.7 Å². The van der Waals surface area contributed by atoms with Crippen LogP contribution in [0.5, 0.6) is 11.5 Å². The molecule has 0 aliphatic carbocycles. The van der Waals surface area contributed by atoms with Gasteiger partial charge in [-0.15, -0.1) is 0 Å². The number of imide groups is 1. The number of rotatable bonds is 24. The number of aliphatic hydroxyl groups is 2.